The summed E-state index contributed by atoms with van der Waals surface area (Å²) >= 11 is 0. The van der Waals surface area contributed by atoms with Crippen LogP contribution in [-0.2, 0) is 17.5 Å². The number of pyridine rings is 2. The highest BCUT2D eigenvalue weighted by Gasteiger charge is 2.30. The molecule has 0 aliphatic rings. The number of nitrogens with one attached hydrogen (secondary N) is 1. The van der Waals surface area contributed by atoms with Gasteiger partial charge in [-0.1, -0.05) is 6.07 Å². The average molecular weight is 377 g/mol. The Morgan fingerprint density at radius 1 is 1.22 bits per heavy atom. The van der Waals surface area contributed by atoms with Crippen LogP contribution in [0, 0.1) is 0 Å². The Morgan fingerprint density at radius 2 is 2.04 bits per heavy atom. The number of aromatic nitrogens is 4. The van der Waals surface area contributed by atoms with E-state index in [1.807, 2.05) is 0 Å². The first-order valence-corrected chi connectivity index (χ1v) is 7.83. The van der Waals surface area contributed by atoms with Crippen molar-refractivity contribution in [1.29, 1.82) is 0 Å². The molecule has 3 aromatic heterocycles. The van der Waals surface area contributed by atoms with Crippen LogP contribution in [0.4, 0.5) is 24.8 Å². The summed E-state index contributed by atoms with van der Waals surface area (Å²) in [5, 5.41) is 15.5. The van der Waals surface area contributed by atoms with Gasteiger partial charge in [-0.2, -0.15) is 18.3 Å². The highest BCUT2D eigenvalue weighted by atomic mass is 19.4. The lowest BCUT2D eigenvalue weighted by Gasteiger charge is -2.09. The number of aliphatic carboxylic acids is 1. The van der Waals surface area contributed by atoms with Crippen LogP contribution in [0.1, 0.15) is 12.0 Å². The number of anilines is 2. The number of halogens is 3. The molecule has 0 saturated heterocycles. The molecule has 10 heteroatoms. The zero-order chi connectivity index (χ0) is 19.4. The van der Waals surface area contributed by atoms with Crippen molar-refractivity contribution < 1.29 is 23.1 Å². The van der Waals surface area contributed by atoms with E-state index in [2.05, 4.69) is 20.4 Å². The van der Waals surface area contributed by atoms with Crippen molar-refractivity contribution in [3.63, 3.8) is 0 Å². The zero-order valence-corrected chi connectivity index (χ0v) is 13.8. The van der Waals surface area contributed by atoms with Crippen LogP contribution in [0.15, 0.2) is 48.9 Å². The van der Waals surface area contributed by atoms with Gasteiger partial charge in [0.1, 0.15) is 11.6 Å². The maximum atomic E-state index is 12.8. The average Bonchev–Trinajstić information content (AvgIpc) is 3.09. The third-order valence-electron chi connectivity index (χ3n) is 3.58. The number of rotatable bonds is 6. The van der Waals surface area contributed by atoms with Gasteiger partial charge < -0.3 is 10.4 Å². The van der Waals surface area contributed by atoms with E-state index in [1.54, 1.807) is 24.4 Å². The van der Waals surface area contributed by atoms with Gasteiger partial charge in [-0.3, -0.25) is 9.48 Å². The first kappa shape index (κ1) is 18.4. The molecule has 0 spiro atoms. The molecule has 140 valence electrons. The zero-order valence-electron chi connectivity index (χ0n) is 13.8. The highest BCUT2D eigenvalue weighted by molar-refractivity contribution is 5.66. The number of carbonyl (C=O) groups is 1. The third kappa shape index (κ3) is 4.81. The summed E-state index contributed by atoms with van der Waals surface area (Å²) in [5.74, 6) is -0.589. The van der Waals surface area contributed by atoms with Crippen molar-refractivity contribution in [2.45, 2.75) is 19.1 Å². The summed E-state index contributed by atoms with van der Waals surface area (Å²) in [6.07, 6.45) is -0.258. The lowest BCUT2D eigenvalue weighted by molar-refractivity contribution is -0.138. The Hall–Kier alpha value is -3.43. The molecule has 7 nitrogen and oxygen atoms in total. The van der Waals surface area contributed by atoms with Gasteiger partial charge in [0.25, 0.3) is 0 Å². The lowest BCUT2D eigenvalue weighted by Crippen LogP contribution is -2.06. The minimum absolute atomic E-state index is 0.0200. The summed E-state index contributed by atoms with van der Waals surface area (Å²) in [5.41, 5.74) is 0.380. The van der Waals surface area contributed by atoms with Crippen LogP contribution in [-0.4, -0.2) is 30.8 Å². The minimum Gasteiger partial charge on any atom is -0.481 e. The van der Waals surface area contributed by atoms with Gasteiger partial charge in [-0.05, 0) is 24.3 Å². The molecule has 0 saturated carbocycles. The summed E-state index contributed by atoms with van der Waals surface area (Å²) in [7, 11) is 0. The molecular formula is C17H14F3N5O2. The van der Waals surface area contributed by atoms with Crippen molar-refractivity contribution in [2.24, 2.45) is 0 Å². The Balaban J connectivity index is 1.77. The topological polar surface area (TPSA) is 92.9 Å². The number of alkyl halides is 3. The molecule has 0 unspecified atom stereocenters. The Morgan fingerprint density at radius 3 is 2.78 bits per heavy atom. The van der Waals surface area contributed by atoms with Crippen molar-refractivity contribution >= 4 is 17.6 Å². The van der Waals surface area contributed by atoms with E-state index >= 15 is 0 Å². The largest absolute Gasteiger partial charge is 0.481 e. The molecule has 3 aromatic rings. The number of carboxylic acid groups (broad SMARTS) is 1. The predicted molar refractivity (Wildman–Crippen MR) is 90.2 cm³/mol. The summed E-state index contributed by atoms with van der Waals surface area (Å²) < 4.78 is 39.9. The van der Waals surface area contributed by atoms with Crippen molar-refractivity contribution in [1.82, 2.24) is 19.7 Å². The molecule has 0 radical (unpaired) electrons. The Kier molecular flexibility index (Phi) is 5.06. The van der Waals surface area contributed by atoms with Crippen LogP contribution in [0.5, 0.6) is 0 Å². The van der Waals surface area contributed by atoms with E-state index < -0.39 is 17.7 Å². The van der Waals surface area contributed by atoms with Gasteiger partial charge >= 0.3 is 12.1 Å². The highest BCUT2D eigenvalue weighted by Crippen LogP contribution is 2.30. The monoisotopic (exact) mass is 377 g/mol. The number of nitrogens with zero attached hydrogens (tertiary/aromatic N) is 4. The molecule has 0 aliphatic carbocycles. The summed E-state index contributed by atoms with van der Waals surface area (Å²) in [6.45, 7) is 0.224. The number of hydrogen-bond acceptors (Lipinski definition) is 5. The SMILES string of the molecule is O=C(O)CCn1cc(-c2cccc(Nc3cc(C(F)(F)F)ccn3)n2)cn1. The van der Waals surface area contributed by atoms with Gasteiger partial charge in [0.15, 0.2) is 0 Å². The quantitative estimate of drug-likeness (QED) is 0.682. The fourth-order valence-electron chi connectivity index (χ4n) is 2.30. The van der Waals surface area contributed by atoms with E-state index in [4.69, 9.17) is 5.11 Å². The predicted octanol–water partition coefficient (Wildman–Crippen LogP) is 3.58. The first-order chi connectivity index (χ1) is 12.8. The molecule has 2 N–H and O–H groups in total. The number of hydrogen-bond donors (Lipinski definition) is 2. The maximum absolute atomic E-state index is 12.8. The third-order valence-corrected chi connectivity index (χ3v) is 3.58. The van der Waals surface area contributed by atoms with E-state index in [0.29, 0.717) is 17.1 Å². The smallest absolute Gasteiger partial charge is 0.416 e. The van der Waals surface area contributed by atoms with Crippen LogP contribution in [0.25, 0.3) is 11.3 Å². The Labute approximate surface area is 151 Å². The van der Waals surface area contributed by atoms with Gasteiger partial charge in [0.05, 0.1) is 30.4 Å². The fraction of sp³-hybridized carbons (Fsp3) is 0.176. The molecule has 0 aliphatic heterocycles. The first-order valence-electron chi connectivity index (χ1n) is 7.83. The van der Waals surface area contributed by atoms with Crippen molar-refractivity contribution in [2.75, 3.05) is 5.32 Å². The second kappa shape index (κ2) is 7.44. The van der Waals surface area contributed by atoms with E-state index in [0.717, 1.165) is 18.3 Å². The van der Waals surface area contributed by atoms with E-state index in [9.17, 15) is 18.0 Å². The molecule has 3 heterocycles. The van der Waals surface area contributed by atoms with Gasteiger partial charge in [-0.25, -0.2) is 9.97 Å². The molecule has 27 heavy (non-hydrogen) atoms. The molecule has 0 atom stereocenters. The molecule has 0 amide bonds. The summed E-state index contributed by atoms with van der Waals surface area (Å²) in [4.78, 5) is 18.8. The number of carboxylic acids is 1. The van der Waals surface area contributed by atoms with Crippen LogP contribution in [0.2, 0.25) is 0 Å². The van der Waals surface area contributed by atoms with Gasteiger partial charge in [0, 0.05) is 18.0 Å². The minimum atomic E-state index is -4.46. The molecular weight excluding hydrogens is 363 g/mol. The Bertz CT molecular complexity index is 955. The van der Waals surface area contributed by atoms with E-state index in [1.165, 1.54) is 10.9 Å². The summed E-state index contributed by atoms with van der Waals surface area (Å²) in [6, 6.07) is 6.79. The van der Waals surface area contributed by atoms with Crippen LogP contribution < -0.4 is 5.32 Å². The molecule has 0 fully saturated rings. The van der Waals surface area contributed by atoms with Crippen molar-refractivity contribution in [3.8, 4) is 11.3 Å². The maximum Gasteiger partial charge on any atom is 0.416 e. The van der Waals surface area contributed by atoms with Crippen molar-refractivity contribution in [3.05, 3.63) is 54.5 Å². The second-order valence-corrected chi connectivity index (χ2v) is 5.60. The molecule has 0 aromatic carbocycles. The van der Waals surface area contributed by atoms with Gasteiger partial charge in [-0.15, -0.1) is 0 Å². The fourth-order valence-corrected chi connectivity index (χ4v) is 2.30. The second-order valence-electron chi connectivity index (χ2n) is 5.60. The number of aryl methyl sites for hydroxylation is 1. The van der Waals surface area contributed by atoms with Gasteiger partial charge in [0.2, 0.25) is 0 Å². The van der Waals surface area contributed by atoms with E-state index in [-0.39, 0.29) is 18.8 Å². The molecule has 0 bridgehead atoms. The molecule has 3 rings (SSSR count). The normalized spacial score (nSPS) is 11.4. The van der Waals surface area contributed by atoms with Crippen LogP contribution >= 0.6 is 0 Å². The lowest BCUT2D eigenvalue weighted by atomic mass is 10.2. The standard InChI is InChI=1S/C17H14F3N5O2/c18-17(19,20)12-4-6-21-15(8-12)24-14-3-1-2-13(23-14)11-9-22-25(10-11)7-5-16(26)27/h1-4,6,8-10H,5,7H2,(H,26,27)(H,21,23,24). The van der Waals surface area contributed by atoms with Crippen LogP contribution in [0.3, 0.4) is 0 Å².